The molecule has 23 nitrogen and oxygen atoms in total. The molecule has 0 radical (unpaired) electrons. The Hall–Kier alpha value is -12.2. The van der Waals surface area contributed by atoms with Gasteiger partial charge in [-0.05, 0) is 229 Å². The van der Waals surface area contributed by atoms with Crippen LogP contribution < -0.4 is 5.73 Å². The highest BCUT2D eigenvalue weighted by molar-refractivity contribution is 6.35. The maximum atomic E-state index is 9.65. The molecule has 686 valence electrons. The first-order valence-electron chi connectivity index (χ1n) is 45.1. The van der Waals surface area contributed by atoms with Gasteiger partial charge < -0.3 is 15.8 Å². The van der Waals surface area contributed by atoms with E-state index in [0.29, 0.717) is 11.6 Å². The summed E-state index contributed by atoms with van der Waals surface area (Å²) in [7, 11) is 0. The predicted molar refractivity (Wildman–Crippen MR) is 541 cm³/mol. The van der Waals surface area contributed by atoms with E-state index in [-0.39, 0.29) is 48.7 Å². The minimum Gasteiger partial charge on any atom is -0.508 e. The summed E-state index contributed by atoms with van der Waals surface area (Å²) in [6.07, 6.45) is 27.8. The lowest BCUT2D eigenvalue weighted by Gasteiger charge is -2.24. The smallest absolute Gasteiger partial charge is 0.155 e. The molecule has 19 rings (SSSR count). The molecule has 4 aromatic carbocycles. The van der Waals surface area contributed by atoms with Gasteiger partial charge in [0.05, 0.1) is 81.5 Å². The van der Waals surface area contributed by atoms with Gasteiger partial charge in [0.1, 0.15) is 11.4 Å². The zero-order chi connectivity index (χ0) is 95.5. The van der Waals surface area contributed by atoms with Gasteiger partial charge in [-0.2, -0.15) is 35.7 Å². The lowest BCUT2D eigenvalue weighted by atomic mass is 9.80. The fraction of sp³-hybridized carbons (Fsp3) is 0.425. The second-order valence-corrected chi connectivity index (χ2v) is 43.9. The van der Waals surface area contributed by atoms with Gasteiger partial charge in [0, 0.05) is 97.0 Å². The van der Waals surface area contributed by atoms with Crippen molar-refractivity contribution >= 4 is 116 Å². The van der Waals surface area contributed by atoms with E-state index in [0.717, 1.165) is 106 Å². The molecule has 0 amide bonds. The lowest BCUT2D eigenvalue weighted by Crippen LogP contribution is -2.15. The summed E-state index contributed by atoms with van der Waals surface area (Å²) in [5.41, 5.74) is 35.2. The Morgan fingerprint density at radius 3 is 1.52 bits per heavy atom. The van der Waals surface area contributed by atoms with E-state index in [1.165, 1.54) is 107 Å². The number of H-pyrrole nitrogens is 8. The highest BCUT2D eigenvalue weighted by Gasteiger charge is 2.33. The second-order valence-electron chi connectivity index (χ2n) is 43.5. The molecule has 1 aliphatic rings. The molecule has 14 aromatic heterocycles. The Kier molecular flexibility index (Phi) is 29.1. The highest BCUT2D eigenvalue weighted by atomic mass is 35.5. The van der Waals surface area contributed by atoms with E-state index in [2.05, 4.69) is 363 Å². The minimum atomic E-state index is -0.00859. The fourth-order valence-corrected chi connectivity index (χ4v) is 18.0. The van der Waals surface area contributed by atoms with E-state index in [9.17, 15) is 5.11 Å². The molecule has 0 unspecified atom stereocenters. The number of phenolic OH excluding ortho intramolecular Hbond substituents is 1. The number of fused-ring (bicyclic) bond motifs is 9. The van der Waals surface area contributed by atoms with Crippen LogP contribution in [-0.2, 0) is 55.2 Å². The van der Waals surface area contributed by atoms with Crippen LogP contribution in [0.5, 0.6) is 5.75 Å². The van der Waals surface area contributed by atoms with Gasteiger partial charge in [0.25, 0.3) is 0 Å². The number of aromatic amines is 8. The number of aryl methyl sites for hydroxylation is 5. The molecule has 1 saturated carbocycles. The number of halogens is 1. The van der Waals surface area contributed by atoms with Crippen molar-refractivity contribution in [2.75, 3.05) is 5.73 Å². The zero-order valence-corrected chi connectivity index (χ0v) is 83.6. The molecule has 0 saturated heterocycles. The third kappa shape index (κ3) is 22.9. The van der Waals surface area contributed by atoms with Crippen molar-refractivity contribution in [2.24, 2.45) is 0 Å². The van der Waals surface area contributed by atoms with Crippen molar-refractivity contribution < 1.29 is 5.11 Å². The normalized spacial score (nSPS) is 12.8. The van der Waals surface area contributed by atoms with Crippen LogP contribution in [0, 0.1) is 27.7 Å². The van der Waals surface area contributed by atoms with E-state index >= 15 is 0 Å². The van der Waals surface area contributed by atoms with Crippen molar-refractivity contribution in [1.29, 1.82) is 0 Å². The van der Waals surface area contributed by atoms with Crippen LogP contribution in [0.4, 0.5) is 5.82 Å². The first kappa shape index (κ1) is 98.4. The second kappa shape index (κ2) is 38.4. The Bertz CT molecular complexity index is 6620. The first-order valence-corrected chi connectivity index (χ1v) is 45.5. The summed E-state index contributed by atoms with van der Waals surface area (Å²) in [5, 5.41) is 70.2. The number of phenols is 1. The standard InChI is InChI=1S/C14H19N3.C14H20N2.C13H15NO.C12H15ClN2.2C11H15N3.C11H14N2.2C10H13N3/c1-14(2,3)12-9(8-4-5-8)6-7-10-11(12)13(15)17-16-10;1-6-10-12-11(16-15-10)8-7-9(2)13(12)14(3,4)5;1-13(2,3)11-8-10(15)7-9-5-4-6-14-12(9)11;1-7-5-9(13)11-8(6-14-15-11)10(7)12(2,3)4;1-7-10(11(2,3)4)8-5-13-14-9(8)6-12-7;1-7-5-12-10-8(6-13-14-10)9(7)11(2,3)4;1-11(2,3)9-5-7-13-10-8(9)4-6-12-10;1-10(2,3)8-5-11-6-9-7(8)4-12-13-9;1-10(2,3)8-4-5-11-9-7(8)6-12-13-9/h6-8H,4-5H2,1-3H3,(H3,15,16,17);7-8H,6H2,1-5H3,(H,15,16);4-8,15H,1-3H3;5-6H,1-4H3,(H,14,15);5-6H,1-4H3,(H,13,14);5-6H,1-4H3,(H,12,13,14);4-7H,1-3H3,(H,12,13);4-6H,1-3H3,(H,12,13);4-6H,1-3H3,(H,11,12,13). The van der Waals surface area contributed by atoms with Gasteiger partial charge in [0.2, 0.25) is 0 Å². The molecule has 130 heavy (non-hydrogen) atoms. The Morgan fingerprint density at radius 1 is 0.392 bits per heavy atom. The Labute approximate surface area is 771 Å². The lowest BCUT2D eigenvalue weighted by molar-refractivity contribution is 0.472. The Morgan fingerprint density at radius 2 is 0.931 bits per heavy atom. The van der Waals surface area contributed by atoms with Crippen LogP contribution >= 0.6 is 11.6 Å². The van der Waals surface area contributed by atoms with Crippen molar-refractivity contribution in [3.05, 3.63) is 242 Å². The molecule has 0 atom stereocenters. The van der Waals surface area contributed by atoms with E-state index in [1.807, 2.05) is 93.3 Å². The van der Waals surface area contributed by atoms with Crippen LogP contribution in [0.1, 0.15) is 296 Å². The number of anilines is 1. The molecule has 14 heterocycles. The number of benzene rings is 4. The molecular formula is C106H139ClN22O. The zero-order valence-electron chi connectivity index (χ0n) is 82.8. The molecule has 24 heteroatoms. The summed E-state index contributed by atoms with van der Waals surface area (Å²) >= 11 is 6.15. The van der Waals surface area contributed by atoms with Crippen LogP contribution in [0.2, 0.25) is 5.02 Å². The summed E-state index contributed by atoms with van der Waals surface area (Å²) < 4.78 is 0. The Balaban J connectivity index is 0.000000142. The fourth-order valence-electron chi connectivity index (χ4n) is 17.7. The molecule has 0 aliphatic heterocycles. The highest BCUT2D eigenvalue weighted by Crippen LogP contribution is 2.48. The van der Waals surface area contributed by atoms with Crippen LogP contribution in [0.15, 0.2) is 153 Å². The summed E-state index contributed by atoms with van der Waals surface area (Å²) in [6, 6.07) is 24.3. The summed E-state index contributed by atoms with van der Waals surface area (Å²) in [6.45, 7) is 70.1. The molecule has 11 N–H and O–H groups in total. The average Bonchev–Trinajstić information content (AvgIpc) is 1.58. The van der Waals surface area contributed by atoms with Gasteiger partial charge in [-0.15, -0.1) is 0 Å². The number of aromatic hydroxyl groups is 1. The number of hydrogen-bond acceptors (Lipinski definition) is 15. The third-order valence-electron chi connectivity index (χ3n) is 23.3. The maximum absolute atomic E-state index is 9.65. The van der Waals surface area contributed by atoms with Gasteiger partial charge in [-0.1, -0.05) is 224 Å². The molecule has 0 bridgehead atoms. The number of nitrogen functional groups attached to an aromatic ring is 1. The minimum absolute atomic E-state index is 0.00859. The number of pyridine rings is 6. The van der Waals surface area contributed by atoms with E-state index in [1.54, 1.807) is 24.5 Å². The molecule has 18 aromatic rings. The van der Waals surface area contributed by atoms with Gasteiger partial charge in [0.15, 0.2) is 17.1 Å². The van der Waals surface area contributed by atoms with Crippen molar-refractivity contribution in [3.8, 4) is 5.75 Å². The van der Waals surface area contributed by atoms with Crippen LogP contribution in [0.25, 0.3) is 98.5 Å². The number of rotatable bonds is 2. The summed E-state index contributed by atoms with van der Waals surface area (Å²) in [4.78, 5) is 28.8. The third-order valence-corrected chi connectivity index (χ3v) is 23.6. The van der Waals surface area contributed by atoms with Crippen molar-refractivity contribution in [3.63, 3.8) is 0 Å². The van der Waals surface area contributed by atoms with Crippen molar-refractivity contribution in [1.82, 2.24) is 106 Å². The molecule has 1 aliphatic carbocycles. The summed E-state index contributed by atoms with van der Waals surface area (Å²) in [5.74, 6) is 1.68. The maximum Gasteiger partial charge on any atom is 0.155 e. The van der Waals surface area contributed by atoms with Gasteiger partial charge in [-0.3, -0.25) is 50.6 Å². The van der Waals surface area contributed by atoms with Crippen LogP contribution in [-0.4, -0.2) is 111 Å². The molecule has 1 fully saturated rings. The largest absolute Gasteiger partial charge is 0.508 e. The van der Waals surface area contributed by atoms with Crippen molar-refractivity contribution in [2.45, 2.75) is 295 Å². The predicted octanol–water partition coefficient (Wildman–Crippen LogP) is 26.6. The molecular weight excluding hydrogens is 1630 g/mol. The monoisotopic (exact) mass is 1770 g/mol. The number of nitrogens with two attached hydrogens (primary N) is 1. The van der Waals surface area contributed by atoms with Crippen LogP contribution in [0.3, 0.4) is 0 Å². The first-order chi connectivity index (χ1) is 60.6. The van der Waals surface area contributed by atoms with Gasteiger partial charge >= 0.3 is 0 Å². The number of aromatic nitrogens is 21. The number of nitrogens with one attached hydrogen (secondary N) is 8. The molecule has 0 spiro atoms. The van der Waals surface area contributed by atoms with E-state index in [4.69, 9.17) is 17.3 Å². The number of hydrogen-bond donors (Lipinski definition) is 10. The van der Waals surface area contributed by atoms with Gasteiger partial charge in [-0.25, -0.2) is 15.0 Å². The quantitative estimate of drug-likeness (QED) is 0.0769. The topological polar surface area (TPSA) is 340 Å². The number of nitrogens with zero attached hydrogens (tertiary/aromatic N) is 13. The SMILES string of the molecule is CC(C)(C)c1c(C2CC2)ccc2[nH]nc(N)c12.CC(C)(C)c1cc(O)cc2cccnc12.CC(C)(C)c1ccnc2[nH]ccc12.CC(C)(C)c1ccnc2[nH]ncc12.CC(C)(C)c1cncc2[nH]ncc12.CCc1[nH]nc2ccc(C)c(C(C)(C)C)c12.Cc1cc(Cl)c2[nH]ncc2c1C(C)(C)C.Cc1cnc2[nH]ncc2c1C(C)(C)C.Cc1ncc2[nH]ncc2c1C(C)(C)C. The average molecular weight is 1770 g/mol. The van der Waals surface area contributed by atoms with E-state index < -0.39 is 0 Å².